The smallest absolute Gasteiger partial charge is 0.333 e. The van der Waals surface area contributed by atoms with Crippen LogP contribution in [0.1, 0.15) is 144 Å². The third-order valence-electron chi connectivity index (χ3n) is 9.03. The number of aliphatic hydroxyl groups is 2. The molecule has 0 saturated heterocycles. The van der Waals surface area contributed by atoms with Gasteiger partial charge in [-0.2, -0.15) is 0 Å². The Morgan fingerprint density at radius 1 is 0.944 bits per heavy atom. The number of hydrogen-bond donors (Lipinski definition) is 2. The molecule has 0 amide bonds. The number of nitrogens with zero attached hydrogens (tertiary/aromatic N) is 1. The minimum absolute atomic E-state index is 0.0870. The quantitative estimate of drug-likeness (QED) is 0.150. The van der Waals surface area contributed by atoms with E-state index in [0.717, 1.165) is 19.3 Å². The summed E-state index contributed by atoms with van der Waals surface area (Å²) in [5, 5.41) is 22.3. The summed E-state index contributed by atoms with van der Waals surface area (Å²) in [6.45, 7) is 12.2. The van der Waals surface area contributed by atoms with Crippen LogP contribution in [-0.4, -0.2) is 45.7 Å². The van der Waals surface area contributed by atoms with Gasteiger partial charge in [-0.3, -0.25) is 4.99 Å². The Balaban J connectivity index is 1.76. The standard InChI is InChI=1S/C31H57NO4/c1-7-8-9-10-11-12-13-14-15-16-17-18-19-20-25(33)28(29(34)36-23(2)3)32-27-22-24-21-26(30(24,4)5)31(27,6)35/h23-26,28,33,35H,7-22H2,1-6H3/t24-,25+,26-,28-,31-/m0/s1. The molecule has 3 aliphatic rings. The normalized spacial score (nSPS) is 27.6. The van der Waals surface area contributed by atoms with E-state index in [1.54, 1.807) is 0 Å². The molecule has 0 aromatic heterocycles. The van der Waals surface area contributed by atoms with Crippen molar-refractivity contribution < 1.29 is 19.7 Å². The highest BCUT2D eigenvalue weighted by atomic mass is 16.5. The van der Waals surface area contributed by atoms with Gasteiger partial charge in [0, 0.05) is 5.71 Å². The van der Waals surface area contributed by atoms with Gasteiger partial charge < -0.3 is 14.9 Å². The fraction of sp³-hybridized carbons (Fsp3) is 0.935. The molecule has 0 spiro atoms. The minimum atomic E-state index is -1.04. The van der Waals surface area contributed by atoms with E-state index in [-0.39, 0.29) is 17.4 Å². The highest BCUT2D eigenvalue weighted by Crippen LogP contribution is 2.61. The van der Waals surface area contributed by atoms with Gasteiger partial charge in [-0.1, -0.05) is 104 Å². The van der Waals surface area contributed by atoms with Crippen LogP contribution in [0.3, 0.4) is 0 Å². The summed E-state index contributed by atoms with van der Waals surface area (Å²) in [5.41, 5.74) is -0.286. The lowest BCUT2D eigenvalue weighted by Crippen LogP contribution is -2.65. The molecule has 5 heteroatoms. The monoisotopic (exact) mass is 507 g/mol. The van der Waals surface area contributed by atoms with Crippen LogP contribution in [-0.2, 0) is 9.53 Å². The van der Waals surface area contributed by atoms with Gasteiger partial charge in [-0.15, -0.1) is 0 Å². The van der Waals surface area contributed by atoms with Gasteiger partial charge in [0.05, 0.1) is 12.2 Å². The largest absolute Gasteiger partial charge is 0.461 e. The van der Waals surface area contributed by atoms with Crippen LogP contribution in [0, 0.1) is 17.3 Å². The Morgan fingerprint density at radius 3 is 1.89 bits per heavy atom. The number of unbranched alkanes of at least 4 members (excludes halogenated alkanes) is 12. The minimum Gasteiger partial charge on any atom is -0.461 e. The predicted octanol–water partition coefficient (Wildman–Crippen LogP) is 7.41. The molecule has 5 atom stereocenters. The van der Waals surface area contributed by atoms with Crippen LogP contribution >= 0.6 is 0 Å². The first-order valence-electron chi connectivity index (χ1n) is 15.2. The number of fused-ring (bicyclic) bond motifs is 2. The van der Waals surface area contributed by atoms with Crippen molar-refractivity contribution in [3.05, 3.63) is 0 Å². The number of rotatable bonds is 18. The van der Waals surface area contributed by atoms with Crippen molar-refractivity contribution in [1.29, 1.82) is 0 Å². The SMILES string of the molecule is CCCCCCCCCCCCCCC[C@@H](O)[C@H](N=C1C[C@@H]2C[C@@H](C2(C)C)[C@]1(C)O)C(=O)OC(C)C. The van der Waals surface area contributed by atoms with Gasteiger partial charge in [-0.25, -0.2) is 4.79 Å². The predicted molar refractivity (Wildman–Crippen MR) is 149 cm³/mol. The van der Waals surface area contributed by atoms with Crippen molar-refractivity contribution in [2.45, 2.75) is 168 Å². The van der Waals surface area contributed by atoms with Gasteiger partial charge in [-0.05, 0) is 57.3 Å². The molecule has 0 unspecified atom stereocenters. The maximum absolute atomic E-state index is 12.9. The molecule has 0 aromatic rings. The van der Waals surface area contributed by atoms with E-state index in [1.165, 1.54) is 70.6 Å². The van der Waals surface area contributed by atoms with Crippen LogP contribution in [0.5, 0.6) is 0 Å². The number of esters is 1. The summed E-state index contributed by atoms with van der Waals surface area (Å²) in [5.74, 6) is 0.137. The maximum atomic E-state index is 12.9. The second kappa shape index (κ2) is 14.9. The van der Waals surface area contributed by atoms with Crippen LogP contribution in [0.15, 0.2) is 4.99 Å². The topological polar surface area (TPSA) is 79.1 Å². The highest BCUT2D eigenvalue weighted by Gasteiger charge is 2.61. The van der Waals surface area contributed by atoms with Gasteiger partial charge in [0.2, 0.25) is 0 Å². The molecule has 2 N–H and O–H groups in total. The molecule has 0 aliphatic heterocycles. The van der Waals surface area contributed by atoms with Crippen molar-refractivity contribution in [1.82, 2.24) is 0 Å². The molecule has 36 heavy (non-hydrogen) atoms. The van der Waals surface area contributed by atoms with Crippen molar-refractivity contribution >= 4 is 11.7 Å². The Hall–Kier alpha value is -0.940. The molecule has 3 saturated carbocycles. The number of ether oxygens (including phenoxy) is 1. The van der Waals surface area contributed by atoms with E-state index in [4.69, 9.17) is 9.73 Å². The fourth-order valence-electron chi connectivity index (χ4n) is 6.44. The van der Waals surface area contributed by atoms with Gasteiger partial charge >= 0.3 is 5.97 Å². The Bertz CT molecular complexity index is 684. The molecular formula is C31H57NO4. The molecule has 5 nitrogen and oxygen atoms in total. The van der Waals surface area contributed by atoms with E-state index in [2.05, 4.69) is 20.8 Å². The number of carbonyl (C=O) groups is 1. The number of carbonyl (C=O) groups excluding carboxylic acids is 1. The van der Waals surface area contributed by atoms with E-state index in [0.29, 0.717) is 24.5 Å². The molecular weight excluding hydrogens is 450 g/mol. The van der Waals surface area contributed by atoms with Crippen molar-refractivity contribution in [2.24, 2.45) is 22.2 Å². The second-order valence-electron chi connectivity index (χ2n) is 12.8. The van der Waals surface area contributed by atoms with Gasteiger partial charge in [0.15, 0.2) is 6.04 Å². The summed E-state index contributed by atoms with van der Waals surface area (Å²) in [6, 6.07) is -0.952. The molecule has 210 valence electrons. The third kappa shape index (κ3) is 8.82. The summed E-state index contributed by atoms with van der Waals surface area (Å²) in [7, 11) is 0. The molecule has 0 aromatic carbocycles. The lowest BCUT2D eigenvalue weighted by molar-refractivity contribution is -0.152. The number of aliphatic hydroxyl groups excluding tert-OH is 1. The lowest BCUT2D eigenvalue weighted by Gasteiger charge is -2.62. The van der Waals surface area contributed by atoms with Crippen LogP contribution in [0.4, 0.5) is 0 Å². The molecule has 3 fully saturated rings. The van der Waals surface area contributed by atoms with Crippen LogP contribution in [0.2, 0.25) is 0 Å². The Kier molecular flexibility index (Phi) is 12.9. The summed E-state index contributed by atoms with van der Waals surface area (Å²) >= 11 is 0. The average molecular weight is 508 g/mol. The summed E-state index contributed by atoms with van der Waals surface area (Å²) in [6.07, 6.45) is 17.7. The van der Waals surface area contributed by atoms with E-state index >= 15 is 0 Å². The lowest BCUT2D eigenvalue weighted by atomic mass is 9.44. The summed E-state index contributed by atoms with van der Waals surface area (Å²) < 4.78 is 5.45. The van der Waals surface area contributed by atoms with Crippen molar-refractivity contribution in [2.75, 3.05) is 0 Å². The first-order valence-corrected chi connectivity index (χ1v) is 15.2. The molecule has 0 radical (unpaired) electrons. The average Bonchev–Trinajstić information content (AvgIpc) is 2.79. The van der Waals surface area contributed by atoms with E-state index in [1.807, 2.05) is 20.8 Å². The molecule has 3 rings (SSSR count). The fourth-order valence-corrected chi connectivity index (χ4v) is 6.44. The Labute approximate surface area is 221 Å². The van der Waals surface area contributed by atoms with Crippen molar-refractivity contribution in [3.63, 3.8) is 0 Å². The molecule has 3 aliphatic carbocycles. The van der Waals surface area contributed by atoms with Crippen molar-refractivity contribution in [3.8, 4) is 0 Å². The second-order valence-corrected chi connectivity index (χ2v) is 12.8. The first kappa shape index (κ1) is 31.3. The zero-order valence-electron chi connectivity index (χ0n) is 24.4. The number of hydrogen-bond acceptors (Lipinski definition) is 5. The van der Waals surface area contributed by atoms with Gasteiger partial charge in [0.1, 0.15) is 5.60 Å². The summed E-state index contributed by atoms with van der Waals surface area (Å²) in [4.78, 5) is 17.6. The van der Waals surface area contributed by atoms with E-state index in [9.17, 15) is 15.0 Å². The zero-order chi connectivity index (χ0) is 26.8. The van der Waals surface area contributed by atoms with E-state index < -0.39 is 23.7 Å². The molecule has 2 bridgehead atoms. The van der Waals surface area contributed by atoms with Crippen LogP contribution in [0.25, 0.3) is 0 Å². The highest BCUT2D eigenvalue weighted by molar-refractivity contribution is 5.96. The zero-order valence-corrected chi connectivity index (χ0v) is 24.4. The number of aliphatic imine (C=N–C) groups is 1. The Morgan fingerprint density at radius 2 is 1.44 bits per heavy atom. The maximum Gasteiger partial charge on any atom is 0.333 e. The van der Waals surface area contributed by atoms with Gasteiger partial charge in [0.25, 0.3) is 0 Å². The van der Waals surface area contributed by atoms with Crippen LogP contribution < -0.4 is 0 Å². The first-order chi connectivity index (χ1) is 17.0. The third-order valence-corrected chi connectivity index (χ3v) is 9.03. The molecule has 0 heterocycles.